The molecule has 2 aromatic carbocycles. The Bertz CT molecular complexity index is 859. The van der Waals surface area contributed by atoms with E-state index in [4.69, 9.17) is 0 Å². The number of halogens is 4. The van der Waals surface area contributed by atoms with Crippen molar-refractivity contribution in [3.8, 4) is 17.1 Å². The Morgan fingerprint density at radius 3 is 2.38 bits per heavy atom. The minimum atomic E-state index is -4.79. The molecule has 0 unspecified atom stereocenters. The zero-order chi connectivity index (χ0) is 17.3. The molecule has 3 N–H and O–H groups in total. The first kappa shape index (κ1) is 15.8. The lowest BCUT2D eigenvalue weighted by atomic mass is 10.2. The van der Waals surface area contributed by atoms with Crippen molar-refractivity contribution >= 4 is 11.6 Å². The number of phenols is 1. The van der Waals surface area contributed by atoms with E-state index in [2.05, 4.69) is 20.5 Å². The lowest BCUT2D eigenvalue weighted by Gasteiger charge is -2.10. The molecule has 0 saturated heterocycles. The highest BCUT2D eigenvalue weighted by molar-refractivity contribution is 5.60. The van der Waals surface area contributed by atoms with Gasteiger partial charge in [-0.2, -0.15) is 13.2 Å². The highest BCUT2D eigenvalue weighted by atomic mass is 19.4. The molecule has 0 fully saturated rings. The van der Waals surface area contributed by atoms with E-state index in [-0.39, 0.29) is 17.4 Å². The third kappa shape index (κ3) is 3.29. The molecule has 9 heteroatoms. The van der Waals surface area contributed by atoms with Gasteiger partial charge in [0.2, 0.25) is 5.95 Å². The number of benzene rings is 2. The monoisotopic (exact) mass is 338 g/mol. The van der Waals surface area contributed by atoms with Gasteiger partial charge in [0.15, 0.2) is 5.82 Å². The van der Waals surface area contributed by atoms with Crippen molar-refractivity contribution in [2.75, 3.05) is 5.32 Å². The molecule has 0 bridgehead atoms. The SMILES string of the molecule is Oc1ccc(-c2nnc(Nc3ccc(F)c(C(F)(F)F)c3)[nH]2)cc1. The Balaban J connectivity index is 1.84. The molecule has 0 amide bonds. The molecule has 24 heavy (non-hydrogen) atoms. The van der Waals surface area contributed by atoms with Crippen molar-refractivity contribution in [1.82, 2.24) is 15.2 Å². The average Bonchev–Trinajstić information content (AvgIpc) is 2.97. The summed E-state index contributed by atoms with van der Waals surface area (Å²) >= 11 is 0. The number of aromatic nitrogens is 3. The van der Waals surface area contributed by atoms with Crippen LogP contribution in [0.1, 0.15) is 5.56 Å². The number of hydrogen-bond acceptors (Lipinski definition) is 4. The van der Waals surface area contributed by atoms with E-state index in [0.29, 0.717) is 17.5 Å². The van der Waals surface area contributed by atoms with E-state index in [9.17, 15) is 22.7 Å². The Kier molecular flexibility index (Phi) is 3.84. The predicted molar refractivity (Wildman–Crippen MR) is 78.2 cm³/mol. The Morgan fingerprint density at radius 1 is 1.00 bits per heavy atom. The normalized spacial score (nSPS) is 11.5. The molecule has 0 aliphatic heterocycles. The Hall–Kier alpha value is -3.10. The van der Waals surface area contributed by atoms with Crippen molar-refractivity contribution in [3.63, 3.8) is 0 Å². The van der Waals surface area contributed by atoms with Gasteiger partial charge >= 0.3 is 6.18 Å². The third-order valence-corrected chi connectivity index (χ3v) is 3.16. The van der Waals surface area contributed by atoms with Crippen LogP contribution in [0, 0.1) is 5.82 Å². The van der Waals surface area contributed by atoms with Crippen molar-refractivity contribution in [2.24, 2.45) is 0 Å². The highest BCUT2D eigenvalue weighted by Gasteiger charge is 2.34. The molecule has 124 valence electrons. The summed E-state index contributed by atoms with van der Waals surface area (Å²) in [6.45, 7) is 0. The van der Waals surface area contributed by atoms with Crippen LogP contribution in [0.4, 0.5) is 29.2 Å². The molecule has 3 aromatic rings. The summed E-state index contributed by atoms with van der Waals surface area (Å²) in [4.78, 5) is 2.78. The summed E-state index contributed by atoms with van der Waals surface area (Å²) in [7, 11) is 0. The maximum atomic E-state index is 13.3. The summed E-state index contributed by atoms with van der Waals surface area (Å²) < 4.78 is 51.4. The largest absolute Gasteiger partial charge is 0.508 e. The number of aromatic amines is 1. The molecule has 0 radical (unpaired) electrons. The Labute approximate surface area is 133 Å². The number of H-pyrrole nitrogens is 1. The molecule has 0 spiro atoms. The molecule has 3 rings (SSSR count). The first-order valence-electron chi connectivity index (χ1n) is 6.69. The number of nitrogens with one attached hydrogen (secondary N) is 2. The predicted octanol–water partition coefficient (Wildman–Crippen LogP) is 4.08. The maximum Gasteiger partial charge on any atom is 0.419 e. The summed E-state index contributed by atoms with van der Waals surface area (Å²) in [5.74, 6) is -0.813. The fraction of sp³-hybridized carbons (Fsp3) is 0.0667. The molecular formula is C15H10F4N4O. The van der Waals surface area contributed by atoms with Crippen molar-refractivity contribution in [2.45, 2.75) is 6.18 Å². The molecule has 0 atom stereocenters. The maximum absolute atomic E-state index is 13.3. The quantitative estimate of drug-likeness (QED) is 0.629. The van der Waals surface area contributed by atoms with Gasteiger partial charge in [0, 0.05) is 11.3 Å². The molecule has 0 saturated carbocycles. The van der Waals surface area contributed by atoms with Gasteiger partial charge in [-0.1, -0.05) is 0 Å². The van der Waals surface area contributed by atoms with Crippen LogP contribution in [0.15, 0.2) is 42.5 Å². The summed E-state index contributed by atoms with van der Waals surface area (Å²) in [6, 6.07) is 8.65. The number of phenolic OH excluding ortho intramolecular Hbond substituents is 1. The third-order valence-electron chi connectivity index (χ3n) is 3.16. The Morgan fingerprint density at radius 2 is 1.71 bits per heavy atom. The van der Waals surface area contributed by atoms with E-state index in [0.717, 1.165) is 12.1 Å². The van der Waals surface area contributed by atoms with Gasteiger partial charge in [0.1, 0.15) is 11.6 Å². The summed E-state index contributed by atoms with van der Waals surface area (Å²) in [5.41, 5.74) is -0.730. The summed E-state index contributed by atoms with van der Waals surface area (Å²) in [5, 5.41) is 19.5. The van der Waals surface area contributed by atoms with E-state index in [1.165, 1.54) is 12.1 Å². The lowest BCUT2D eigenvalue weighted by molar-refractivity contribution is -0.139. The van der Waals surface area contributed by atoms with Crippen LogP contribution in [0.2, 0.25) is 0 Å². The molecular weight excluding hydrogens is 328 g/mol. The second-order valence-electron chi connectivity index (χ2n) is 4.89. The van der Waals surface area contributed by atoms with E-state index < -0.39 is 17.6 Å². The van der Waals surface area contributed by atoms with Crippen LogP contribution in [-0.2, 0) is 6.18 Å². The van der Waals surface area contributed by atoms with Gasteiger partial charge in [-0.25, -0.2) is 4.39 Å². The number of aromatic hydroxyl groups is 1. The molecule has 0 aliphatic carbocycles. The standard InChI is InChI=1S/C15H10F4N4O/c16-12-6-3-9(7-11(12)15(17,18)19)20-14-21-13(22-23-14)8-1-4-10(24)5-2-8/h1-7,24H,(H2,20,21,22,23). The van der Waals surface area contributed by atoms with Crippen molar-refractivity contribution < 1.29 is 22.7 Å². The van der Waals surface area contributed by atoms with Crippen molar-refractivity contribution in [3.05, 3.63) is 53.8 Å². The van der Waals surface area contributed by atoms with Crippen LogP contribution in [-0.4, -0.2) is 20.3 Å². The first-order chi connectivity index (χ1) is 11.3. The number of hydrogen-bond donors (Lipinski definition) is 3. The second kappa shape index (κ2) is 5.84. The van der Waals surface area contributed by atoms with Crippen LogP contribution >= 0.6 is 0 Å². The van der Waals surface area contributed by atoms with Gasteiger partial charge in [-0.05, 0) is 42.5 Å². The van der Waals surface area contributed by atoms with Crippen LogP contribution in [0.3, 0.4) is 0 Å². The second-order valence-corrected chi connectivity index (χ2v) is 4.89. The minimum Gasteiger partial charge on any atom is -0.508 e. The van der Waals surface area contributed by atoms with Gasteiger partial charge in [0.05, 0.1) is 5.56 Å². The van der Waals surface area contributed by atoms with E-state index >= 15 is 0 Å². The number of anilines is 2. The van der Waals surface area contributed by atoms with Gasteiger partial charge in [-0.15, -0.1) is 10.2 Å². The number of alkyl halides is 3. The summed E-state index contributed by atoms with van der Waals surface area (Å²) in [6.07, 6.45) is -4.79. The zero-order valence-corrected chi connectivity index (χ0v) is 11.9. The fourth-order valence-electron chi connectivity index (χ4n) is 2.02. The van der Waals surface area contributed by atoms with E-state index in [1.54, 1.807) is 12.1 Å². The van der Waals surface area contributed by atoms with Crippen LogP contribution < -0.4 is 5.32 Å². The molecule has 0 aliphatic rings. The van der Waals surface area contributed by atoms with Gasteiger partial charge in [0.25, 0.3) is 0 Å². The lowest BCUT2D eigenvalue weighted by Crippen LogP contribution is -2.08. The molecule has 1 heterocycles. The molecule has 1 aromatic heterocycles. The number of nitrogens with zero attached hydrogens (tertiary/aromatic N) is 2. The van der Waals surface area contributed by atoms with Gasteiger partial charge < -0.3 is 15.4 Å². The highest BCUT2D eigenvalue weighted by Crippen LogP contribution is 2.33. The average molecular weight is 338 g/mol. The van der Waals surface area contributed by atoms with Crippen LogP contribution in [0.5, 0.6) is 5.75 Å². The van der Waals surface area contributed by atoms with Crippen LogP contribution in [0.25, 0.3) is 11.4 Å². The first-order valence-corrected chi connectivity index (χ1v) is 6.69. The smallest absolute Gasteiger partial charge is 0.419 e. The topological polar surface area (TPSA) is 73.8 Å². The van der Waals surface area contributed by atoms with Gasteiger partial charge in [-0.3, -0.25) is 0 Å². The van der Waals surface area contributed by atoms with E-state index in [1.807, 2.05) is 0 Å². The zero-order valence-electron chi connectivity index (χ0n) is 11.9. The molecule has 5 nitrogen and oxygen atoms in total. The minimum absolute atomic E-state index is 0.0112. The number of rotatable bonds is 3. The van der Waals surface area contributed by atoms with Crippen molar-refractivity contribution in [1.29, 1.82) is 0 Å². The fourth-order valence-corrected chi connectivity index (χ4v) is 2.02.